The van der Waals surface area contributed by atoms with E-state index in [0.717, 1.165) is 11.1 Å². The molecule has 2 aromatic carbocycles. The molecule has 2 rings (SSSR count). The Morgan fingerprint density at radius 3 is 2.24 bits per heavy atom. The molecule has 0 bridgehead atoms. The van der Waals surface area contributed by atoms with Gasteiger partial charge >= 0.3 is 5.97 Å². The minimum atomic E-state index is -0.951. The first-order chi connectivity index (χ1) is 15.9. The lowest BCUT2D eigenvalue weighted by molar-refractivity contribution is -0.145. The molecule has 0 spiro atoms. The molecule has 2 aromatic rings. The summed E-state index contributed by atoms with van der Waals surface area (Å²) in [4.78, 5) is 39.3. The van der Waals surface area contributed by atoms with Gasteiger partial charge in [0.15, 0.2) is 0 Å². The molecule has 2 atom stereocenters. The number of amides is 2. The van der Waals surface area contributed by atoms with Crippen LogP contribution in [0.3, 0.4) is 0 Å². The van der Waals surface area contributed by atoms with Crippen molar-refractivity contribution >= 4 is 17.8 Å². The van der Waals surface area contributed by atoms with Crippen molar-refractivity contribution in [1.29, 1.82) is 0 Å². The van der Waals surface area contributed by atoms with Crippen molar-refractivity contribution in [2.45, 2.75) is 37.8 Å². The second-order valence-corrected chi connectivity index (χ2v) is 7.78. The van der Waals surface area contributed by atoms with E-state index in [-0.39, 0.29) is 18.7 Å². The molecular weight excluding hydrogens is 418 g/mol. The number of hydrogen-bond donors (Lipinski definition) is 2. The van der Waals surface area contributed by atoms with Gasteiger partial charge in [-0.2, -0.15) is 0 Å². The van der Waals surface area contributed by atoms with Crippen molar-refractivity contribution in [1.82, 2.24) is 10.2 Å². The van der Waals surface area contributed by atoms with Crippen molar-refractivity contribution in [3.63, 3.8) is 0 Å². The first-order valence-electron chi connectivity index (χ1n) is 11.0. The summed E-state index contributed by atoms with van der Waals surface area (Å²) in [5.41, 5.74) is 8.08. The van der Waals surface area contributed by atoms with Gasteiger partial charge in [-0.1, -0.05) is 66.7 Å². The highest BCUT2D eigenvalue weighted by Crippen LogP contribution is 2.08. The van der Waals surface area contributed by atoms with E-state index in [1.807, 2.05) is 60.7 Å². The first-order valence-corrected chi connectivity index (χ1v) is 11.0. The summed E-state index contributed by atoms with van der Waals surface area (Å²) >= 11 is 0. The lowest BCUT2D eigenvalue weighted by atomic mass is 10.0. The molecule has 0 saturated heterocycles. The van der Waals surface area contributed by atoms with Crippen LogP contribution in [0.1, 0.15) is 24.0 Å². The van der Waals surface area contributed by atoms with Crippen LogP contribution in [0.5, 0.6) is 0 Å². The minimum Gasteiger partial charge on any atom is -0.467 e. The van der Waals surface area contributed by atoms with E-state index in [1.165, 1.54) is 7.11 Å². The van der Waals surface area contributed by atoms with E-state index in [1.54, 1.807) is 11.0 Å². The molecule has 0 aliphatic carbocycles. The smallest absolute Gasteiger partial charge is 0.328 e. The van der Waals surface area contributed by atoms with Gasteiger partial charge in [0.2, 0.25) is 11.8 Å². The standard InChI is InChI=1S/C26H33N3O4/c1-3-17-29(18-16-20-10-6-4-7-11-20)24(30)15-14-23(26(32)33-2)28-25(31)22(27)19-21-12-8-5-9-13-21/h3-13,22-23H,1,14-19,27H2,2H3,(H,28,31). The molecule has 0 aromatic heterocycles. The highest BCUT2D eigenvalue weighted by Gasteiger charge is 2.26. The number of rotatable bonds is 13. The van der Waals surface area contributed by atoms with Gasteiger partial charge in [0.25, 0.3) is 0 Å². The normalized spacial score (nSPS) is 12.3. The maximum Gasteiger partial charge on any atom is 0.328 e. The fourth-order valence-corrected chi connectivity index (χ4v) is 3.44. The SMILES string of the molecule is C=CCN(CCc1ccccc1)C(=O)CCC(NC(=O)C(N)Cc1ccccc1)C(=O)OC. The van der Waals surface area contributed by atoms with Crippen LogP contribution in [-0.2, 0) is 32.0 Å². The van der Waals surface area contributed by atoms with Crippen LogP contribution in [0.4, 0.5) is 0 Å². The largest absolute Gasteiger partial charge is 0.467 e. The maximum absolute atomic E-state index is 12.8. The van der Waals surface area contributed by atoms with Crippen molar-refractivity contribution in [2.24, 2.45) is 5.73 Å². The quantitative estimate of drug-likeness (QED) is 0.359. The minimum absolute atomic E-state index is 0.0800. The number of nitrogens with zero attached hydrogens (tertiary/aromatic N) is 1. The van der Waals surface area contributed by atoms with Crippen LogP contribution >= 0.6 is 0 Å². The van der Waals surface area contributed by atoms with Crippen LogP contribution in [-0.4, -0.2) is 55.0 Å². The Balaban J connectivity index is 1.92. The van der Waals surface area contributed by atoms with Crippen LogP contribution in [0.2, 0.25) is 0 Å². The van der Waals surface area contributed by atoms with Crippen molar-refractivity contribution in [2.75, 3.05) is 20.2 Å². The van der Waals surface area contributed by atoms with Gasteiger partial charge in [0, 0.05) is 19.5 Å². The molecule has 0 heterocycles. The molecule has 7 nitrogen and oxygen atoms in total. The van der Waals surface area contributed by atoms with Gasteiger partial charge in [0.1, 0.15) is 6.04 Å². The summed E-state index contributed by atoms with van der Waals surface area (Å²) < 4.78 is 4.82. The van der Waals surface area contributed by atoms with E-state index in [9.17, 15) is 14.4 Å². The Labute approximate surface area is 195 Å². The van der Waals surface area contributed by atoms with Gasteiger partial charge < -0.3 is 20.7 Å². The number of esters is 1. The molecule has 0 fully saturated rings. The summed E-state index contributed by atoms with van der Waals surface area (Å²) in [6.45, 7) is 4.67. The molecule has 0 aliphatic heterocycles. The highest BCUT2D eigenvalue weighted by atomic mass is 16.5. The summed E-state index contributed by atoms with van der Waals surface area (Å²) in [5.74, 6) is -1.20. The second kappa shape index (κ2) is 13.9. The molecule has 7 heteroatoms. The Morgan fingerprint density at radius 1 is 1.06 bits per heavy atom. The third-order valence-corrected chi connectivity index (χ3v) is 5.30. The highest BCUT2D eigenvalue weighted by molar-refractivity contribution is 5.88. The van der Waals surface area contributed by atoms with Gasteiger partial charge in [-0.3, -0.25) is 9.59 Å². The molecule has 176 valence electrons. The molecular formula is C26H33N3O4. The van der Waals surface area contributed by atoms with E-state index in [2.05, 4.69) is 11.9 Å². The zero-order valence-electron chi connectivity index (χ0n) is 19.1. The van der Waals surface area contributed by atoms with Gasteiger partial charge in [-0.25, -0.2) is 4.79 Å². The summed E-state index contributed by atoms with van der Waals surface area (Å²) in [6, 6.07) is 17.5. The molecule has 0 aliphatic rings. The van der Waals surface area contributed by atoms with E-state index < -0.39 is 24.0 Å². The van der Waals surface area contributed by atoms with E-state index in [4.69, 9.17) is 10.5 Å². The zero-order valence-corrected chi connectivity index (χ0v) is 19.1. The van der Waals surface area contributed by atoms with E-state index in [0.29, 0.717) is 25.9 Å². The lowest BCUT2D eigenvalue weighted by Gasteiger charge is -2.23. The average molecular weight is 452 g/mol. The number of nitrogens with one attached hydrogen (secondary N) is 1. The number of carbonyl (C=O) groups is 3. The Hall–Kier alpha value is -3.45. The summed E-state index contributed by atoms with van der Waals surface area (Å²) in [6.07, 6.45) is 2.92. The number of ether oxygens (including phenoxy) is 1. The predicted octanol–water partition coefficient (Wildman–Crippen LogP) is 2.25. The Kier molecular flexibility index (Phi) is 10.8. The number of methoxy groups -OCH3 is 1. The predicted molar refractivity (Wildman–Crippen MR) is 128 cm³/mol. The number of hydrogen-bond acceptors (Lipinski definition) is 5. The lowest BCUT2D eigenvalue weighted by Crippen LogP contribution is -2.50. The van der Waals surface area contributed by atoms with Crippen molar-refractivity contribution in [3.05, 3.63) is 84.4 Å². The maximum atomic E-state index is 12.8. The molecule has 0 radical (unpaired) electrons. The fraction of sp³-hybridized carbons (Fsp3) is 0.346. The van der Waals surface area contributed by atoms with Gasteiger partial charge in [-0.15, -0.1) is 6.58 Å². The van der Waals surface area contributed by atoms with Crippen molar-refractivity contribution in [3.8, 4) is 0 Å². The van der Waals surface area contributed by atoms with E-state index >= 15 is 0 Å². The number of carbonyl (C=O) groups excluding carboxylic acids is 3. The van der Waals surface area contributed by atoms with Crippen LogP contribution in [0.15, 0.2) is 73.3 Å². The fourth-order valence-electron chi connectivity index (χ4n) is 3.44. The zero-order chi connectivity index (χ0) is 24.1. The van der Waals surface area contributed by atoms with Crippen LogP contribution < -0.4 is 11.1 Å². The molecule has 33 heavy (non-hydrogen) atoms. The summed E-state index contributed by atoms with van der Waals surface area (Å²) in [5, 5.41) is 2.64. The molecule has 3 N–H and O–H groups in total. The third-order valence-electron chi connectivity index (χ3n) is 5.30. The van der Waals surface area contributed by atoms with Crippen LogP contribution in [0, 0.1) is 0 Å². The average Bonchev–Trinajstić information content (AvgIpc) is 2.84. The second-order valence-electron chi connectivity index (χ2n) is 7.78. The van der Waals surface area contributed by atoms with Gasteiger partial charge in [-0.05, 0) is 30.4 Å². The number of nitrogens with two attached hydrogens (primary N) is 1. The first kappa shape index (κ1) is 25.8. The number of benzene rings is 2. The Morgan fingerprint density at radius 2 is 1.67 bits per heavy atom. The topological polar surface area (TPSA) is 102 Å². The third kappa shape index (κ3) is 8.90. The molecule has 2 amide bonds. The van der Waals surface area contributed by atoms with Crippen LogP contribution in [0.25, 0.3) is 0 Å². The van der Waals surface area contributed by atoms with Crippen molar-refractivity contribution < 1.29 is 19.1 Å². The summed E-state index contributed by atoms with van der Waals surface area (Å²) in [7, 11) is 1.25. The Bertz CT molecular complexity index is 902. The molecule has 2 unspecified atom stereocenters. The van der Waals surface area contributed by atoms with Gasteiger partial charge in [0.05, 0.1) is 13.2 Å². The molecule has 0 saturated carbocycles. The monoisotopic (exact) mass is 451 g/mol.